The van der Waals surface area contributed by atoms with Crippen LogP contribution in [0.15, 0.2) is 17.0 Å². The lowest BCUT2D eigenvalue weighted by Gasteiger charge is -2.08. The minimum atomic E-state index is -4.09. The highest BCUT2D eigenvalue weighted by Crippen LogP contribution is 2.25. The maximum atomic E-state index is 11.8. The van der Waals surface area contributed by atoms with Gasteiger partial charge in [0.2, 0.25) is 10.0 Å². The highest BCUT2D eigenvalue weighted by molar-refractivity contribution is 7.89. The van der Waals surface area contributed by atoms with Gasteiger partial charge in [-0.25, -0.2) is 8.42 Å². The largest absolute Gasteiger partial charge is 0.480 e. The van der Waals surface area contributed by atoms with Gasteiger partial charge < -0.3 is 5.11 Å². The molecule has 0 radical (unpaired) electrons. The van der Waals surface area contributed by atoms with Crippen LogP contribution in [-0.4, -0.2) is 31.0 Å². The van der Waals surface area contributed by atoms with Gasteiger partial charge in [0, 0.05) is 11.6 Å². The van der Waals surface area contributed by atoms with Crippen LogP contribution in [0.2, 0.25) is 0 Å². The van der Waals surface area contributed by atoms with E-state index in [2.05, 4.69) is 0 Å². The SMILES string of the molecule is Cc1cc(S(=O)(=O)NCC(=O)O)cc([N+](=O)[O-])c1C. The van der Waals surface area contributed by atoms with Crippen LogP contribution in [0.1, 0.15) is 11.1 Å². The first kappa shape index (κ1) is 15.1. The minimum Gasteiger partial charge on any atom is -0.480 e. The summed E-state index contributed by atoms with van der Waals surface area (Å²) < 4.78 is 25.4. The third kappa shape index (κ3) is 3.48. The molecular weight excluding hydrogens is 276 g/mol. The first-order valence-electron chi connectivity index (χ1n) is 5.12. The van der Waals surface area contributed by atoms with Gasteiger partial charge in [-0.3, -0.25) is 14.9 Å². The molecule has 0 aliphatic heterocycles. The van der Waals surface area contributed by atoms with Gasteiger partial charge >= 0.3 is 5.97 Å². The summed E-state index contributed by atoms with van der Waals surface area (Å²) in [5.41, 5.74) is 0.475. The molecule has 0 bridgehead atoms. The molecule has 0 unspecified atom stereocenters. The predicted molar refractivity (Wildman–Crippen MR) is 65.4 cm³/mol. The Morgan fingerprint density at radius 3 is 2.47 bits per heavy atom. The maximum absolute atomic E-state index is 11.8. The van der Waals surface area contributed by atoms with E-state index in [4.69, 9.17) is 5.11 Å². The lowest BCUT2D eigenvalue weighted by molar-refractivity contribution is -0.385. The number of benzene rings is 1. The fourth-order valence-corrected chi connectivity index (χ4v) is 2.47. The Labute approximate surface area is 109 Å². The lowest BCUT2D eigenvalue weighted by Crippen LogP contribution is -2.29. The van der Waals surface area contributed by atoms with E-state index >= 15 is 0 Å². The van der Waals surface area contributed by atoms with Gasteiger partial charge in [-0.2, -0.15) is 4.72 Å². The van der Waals surface area contributed by atoms with Crippen molar-refractivity contribution in [3.05, 3.63) is 33.4 Å². The van der Waals surface area contributed by atoms with E-state index in [0.717, 1.165) is 6.07 Å². The summed E-state index contributed by atoms with van der Waals surface area (Å²) in [5.74, 6) is -1.35. The molecule has 0 atom stereocenters. The number of aryl methyl sites for hydroxylation is 1. The first-order valence-corrected chi connectivity index (χ1v) is 6.60. The smallest absolute Gasteiger partial charge is 0.318 e. The van der Waals surface area contributed by atoms with E-state index in [1.165, 1.54) is 13.0 Å². The molecule has 8 nitrogen and oxygen atoms in total. The topological polar surface area (TPSA) is 127 Å². The van der Waals surface area contributed by atoms with Crippen molar-refractivity contribution in [3.8, 4) is 0 Å². The van der Waals surface area contributed by atoms with Crippen LogP contribution in [-0.2, 0) is 14.8 Å². The number of nitro groups is 1. The van der Waals surface area contributed by atoms with Crippen LogP contribution < -0.4 is 4.72 Å². The Morgan fingerprint density at radius 2 is 2.00 bits per heavy atom. The molecule has 0 spiro atoms. The molecule has 1 aromatic rings. The number of hydrogen-bond donors (Lipinski definition) is 2. The highest BCUT2D eigenvalue weighted by Gasteiger charge is 2.22. The molecule has 0 heterocycles. The van der Waals surface area contributed by atoms with Crippen molar-refractivity contribution in [2.24, 2.45) is 0 Å². The van der Waals surface area contributed by atoms with Crippen molar-refractivity contribution in [1.29, 1.82) is 0 Å². The summed E-state index contributed by atoms with van der Waals surface area (Å²) in [7, 11) is -4.09. The van der Waals surface area contributed by atoms with Crippen molar-refractivity contribution < 1.29 is 23.2 Å². The summed E-state index contributed by atoms with van der Waals surface area (Å²) in [6.45, 7) is 2.26. The van der Waals surface area contributed by atoms with Crippen molar-refractivity contribution in [2.75, 3.05) is 6.54 Å². The summed E-state index contributed by atoms with van der Waals surface area (Å²) in [6.07, 6.45) is 0. The van der Waals surface area contributed by atoms with E-state index in [1.807, 2.05) is 4.72 Å². The van der Waals surface area contributed by atoms with Gasteiger partial charge in [0.15, 0.2) is 0 Å². The van der Waals surface area contributed by atoms with Gasteiger partial charge in [-0.15, -0.1) is 0 Å². The summed E-state index contributed by atoms with van der Waals surface area (Å²) >= 11 is 0. The number of aliphatic carboxylic acids is 1. The van der Waals surface area contributed by atoms with E-state index in [9.17, 15) is 23.3 Å². The van der Waals surface area contributed by atoms with Crippen LogP contribution in [0.25, 0.3) is 0 Å². The zero-order valence-electron chi connectivity index (χ0n) is 10.2. The molecule has 0 saturated carbocycles. The second-order valence-corrected chi connectivity index (χ2v) is 5.63. The fraction of sp³-hybridized carbons (Fsp3) is 0.300. The molecule has 9 heteroatoms. The lowest BCUT2D eigenvalue weighted by atomic mass is 10.1. The number of rotatable bonds is 5. The van der Waals surface area contributed by atoms with E-state index in [-0.39, 0.29) is 10.6 Å². The molecule has 1 aromatic carbocycles. The quantitative estimate of drug-likeness (QED) is 0.602. The minimum absolute atomic E-state index is 0.323. The molecule has 2 N–H and O–H groups in total. The van der Waals surface area contributed by atoms with Gasteiger partial charge in [0.05, 0.1) is 9.82 Å². The molecular formula is C10H12N2O6S. The van der Waals surface area contributed by atoms with E-state index in [1.54, 1.807) is 6.92 Å². The Morgan fingerprint density at radius 1 is 1.42 bits per heavy atom. The number of sulfonamides is 1. The Kier molecular flexibility index (Phi) is 4.22. The van der Waals surface area contributed by atoms with Crippen molar-refractivity contribution in [2.45, 2.75) is 18.7 Å². The number of nitrogens with zero attached hydrogens (tertiary/aromatic N) is 1. The van der Waals surface area contributed by atoms with Crippen LogP contribution in [0.3, 0.4) is 0 Å². The highest BCUT2D eigenvalue weighted by atomic mass is 32.2. The fourth-order valence-electron chi connectivity index (χ4n) is 1.39. The van der Waals surface area contributed by atoms with Crippen molar-refractivity contribution >= 4 is 21.7 Å². The summed E-state index contributed by atoms with van der Waals surface area (Å²) in [4.78, 5) is 20.1. The number of carbonyl (C=O) groups is 1. The summed E-state index contributed by atoms with van der Waals surface area (Å²) in [5, 5.41) is 19.2. The number of carboxylic acids is 1. The Hall–Kier alpha value is -2.00. The second kappa shape index (κ2) is 5.33. The van der Waals surface area contributed by atoms with Gasteiger partial charge in [0.1, 0.15) is 6.54 Å². The Bertz CT molecular complexity index is 638. The second-order valence-electron chi connectivity index (χ2n) is 3.86. The number of carboxylic acid groups (broad SMARTS) is 1. The average molecular weight is 288 g/mol. The molecule has 0 aliphatic rings. The van der Waals surface area contributed by atoms with Gasteiger partial charge in [-0.1, -0.05) is 0 Å². The van der Waals surface area contributed by atoms with E-state index < -0.39 is 27.5 Å². The molecule has 0 fully saturated rings. The Balaban J connectivity index is 3.28. The zero-order valence-corrected chi connectivity index (χ0v) is 11.0. The molecule has 1 rings (SSSR count). The monoisotopic (exact) mass is 288 g/mol. The molecule has 104 valence electrons. The number of hydrogen-bond acceptors (Lipinski definition) is 5. The molecule has 0 amide bonds. The number of nitrogens with one attached hydrogen (secondary N) is 1. The van der Waals surface area contributed by atoms with Crippen LogP contribution in [0.5, 0.6) is 0 Å². The van der Waals surface area contributed by atoms with Crippen LogP contribution in [0.4, 0.5) is 5.69 Å². The third-order valence-electron chi connectivity index (χ3n) is 2.53. The standard InChI is InChI=1S/C10H12N2O6S/c1-6-3-8(4-9(7(6)2)12(15)16)19(17,18)11-5-10(13)14/h3-4,11H,5H2,1-2H3,(H,13,14). The van der Waals surface area contributed by atoms with Gasteiger partial charge in [0.25, 0.3) is 5.69 Å². The van der Waals surface area contributed by atoms with Crippen LogP contribution >= 0.6 is 0 Å². The normalized spacial score (nSPS) is 11.3. The van der Waals surface area contributed by atoms with E-state index in [0.29, 0.717) is 11.1 Å². The average Bonchev–Trinajstić information content (AvgIpc) is 2.29. The van der Waals surface area contributed by atoms with Gasteiger partial charge in [-0.05, 0) is 25.5 Å². The molecule has 0 aromatic heterocycles. The van der Waals surface area contributed by atoms with Crippen molar-refractivity contribution in [3.63, 3.8) is 0 Å². The predicted octanol–water partition coefficient (Wildman–Crippen LogP) is 0.575. The van der Waals surface area contributed by atoms with Crippen molar-refractivity contribution in [1.82, 2.24) is 4.72 Å². The third-order valence-corrected chi connectivity index (χ3v) is 3.91. The molecule has 0 aliphatic carbocycles. The summed E-state index contributed by atoms with van der Waals surface area (Å²) in [6, 6.07) is 2.17. The zero-order chi connectivity index (χ0) is 14.8. The molecule has 19 heavy (non-hydrogen) atoms. The number of nitro benzene ring substituents is 1. The molecule has 0 saturated heterocycles. The maximum Gasteiger partial charge on any atom is 0.318 e. The van der Waals surface area contributed by atoms with Crippen LogP contribution in [0, 0.1) is 24.0 Å². The first-order chi connectivity index (χ1) is 8.65.